The Bertz CT molecular complexity index is 825. The number of unbranched alkanes of at least 4 members (excludes halogenated alkanes) is 3. The number of Topliss-reactive ketones (excluding diaryl/α,β-unsaturated/α-hetero) is 1. The van der Waals surface area contributed by atoms with Crippen LogP contribution < -0.4 is 5.32 Å². The molecular formula is C25H39N3O8. The second-order valence-electron chi connectivity index (χ2n) is 8.66. The predicted molar refractivity (Wildman–Crippen MR) is 130 cm³/mol. The van der Waals surface area contributed by atoms with E-state index in [1.807, 2.05) is 13.8 Å². The standard InChI is InChI=1S/C25H39N3O8/c1-3-5-7-9-25(34)36-19(16-35-24(33)8-6-4-2)10-11-21(29)20(14-18-15-26-17-27-18)28-22(30)12-13-23(31)32/h15,17,19-20H,3-14,16H2,1-2H3,(H,26,27)(H,28,30)(H,31,32). The molecule has 1 aromatic heterocycles. The van der Waals surface area contributed by atoms with Crippen molar-refractivity contribution < 1.29 is 38.6 Å². The lowest BCUT2D eigenvalue weighted by Gasteiger charge is -2.20. The molecule has 1 rings (SSSR count). The van der Waals surface area contributed by atoms with Crippen LogP contribution in [-0.2, 0) is 39.9 Å². The highest BCUT2D eigenvalue weighted by Crippen LogP contribution is 2.12. The van der Waals surface area contributed by atoms with Gasteiger partial charge in [-0.05, 0) is 19.3 Å². The molecule has 2 unspecified atom stereocenters. The number of aliphatic carboxylic acids is 1. The van der Waals surface area contributed by atoms with Crippen molar-refractivity contribution in [3.63, 3.8) is 0 Å². The van der Waals surface area contributed by atoms with E-state index in [1.165, 1.54) is 12.5 Å². The fourth-order valence-electron chi connectivity index (χ4n) is 3.35. The van der Waals surface area contributed by atoms with E-state index in [0.29, 0.717) is 18.5 Å². The number of rotatable bonds is 20. The van der Waals surface area contributed by atoms with Crippen molar-refractivity contribution in [1.29, 1.82) is 0 Å². The van der Waals surface area contributed by atoms with Gasteiger partial charge in [-0.25, -0.2) is 4.98 Å². The summed E-state index contributed by atoms with van der Waals surface area (Å²) in [6.07, 6.45) is 6.37. The second-order valence-corrected chi connectivity index (χ2v) is 8.66. The van der Waals surface area contributed by atoms with Crippen molar-refractivity contribution in [1.82, 2.24) is 15.3 Å². The van der Waals surface area contributed by atoms with Crippen molar-refractivity contribution in [2.75, 3.05) is 6.61 Å². The summed E-state index contributed by atoms with van der Waals surface area (Å²) in [5.74, 6) is -2.80. The molecule has 11 nitrogen and oxygen atoms in total. The van der Waals surface area contributed by atoms with Gasteiger partial charge in [-0.15, -0.1) is 0 Å². The van der Waals surface area contributed by atoms with Crippen LogP contribution in [-0.4, -0.2) is 63.4 Å². The maximum Gasteiger partial charge on any atom is 0.306 e. The number of ether oxygens (including phenoxy) is 2. The van der Waals surface area contributed by atoms with E-state index in [0.717, 1.165) is 19.3 Å². The molecule has 0 radical (unpaired) electrons. The van der Waals surface area contributed by atoms with E-state index in [1.54, 1.807) is 0 Å². The first kappa shape index (κ1) is 30.8. The van der Waals surface area contributed by atoms with Gasteiger partial charge in [0.05, 0.1) is 18.8 Å². The Morgan fingerprint density at radius 2 is 1.69 bits per heavy atom. The Morgan fingerprint density at radius 3 is 2.33 bits per heavy atom. The first-order valence-corrected chi connectivity index (χ1v) is 12.6. The minimum atomic E-state index is -1.11. The van der Waals surface area contributed by atoms with Gasteiger partial charge in [0, 0.05) is 44.0 Å². The topological polar surface area (TPSA) is 165 Å². The number of aromatic nitrogens is 2. The van der Waals surface area contributed by atoms with E-state index in [2.05, 4.69) is 15.3 Å². The summed E-state index contributed by atoms with van der Waals surface area (Å²) < 4.78 is 10.8. The number of hydrogen-bond acceptors (Lipinski definition) is 8. The van der Waals surface area contributed by atoms with Gasteiger partial charge in [0.2, 0.25) is 5.91 Å². The number of amides is 1. The van der Waals surface area contributed by atoms with Crippen LogP contribution in [0.5, 0.6) is 0 Å². The zero-order valence-corrected chi connectivity index (χ0v) is 21.3. The van der Waals surface area contributed by atoms with Crippen LogP contribution in [0, 0.1) is 0 Å². The number of carboxylic acid groups (broad SMARTS) is 1. The van der Waals surface area contributed by atoms with Gasteiger partial charge in [-0.2, -0.15) is 0 Å². The van der Waals surface area contributed by atoms with Gasteiger partial charge in [-0.1, -0.05) is 33.1 Å². The highest BCUT2D eigenvalue weighted by atomic mass is 16.6. The van der Waals surface area contributed by atoms with Gasteiger partial charge in [0.15, 0.2) is 5.78 Å². The number of carboxylic acids is 1. The van der Waals surface area contributed by atoms with Crippen LogP contribution >= 0.6 is 0 Å². The lowest BCUT2D eigenvalue weighted by atomic mass is 10.0. The molecule has 2 atom stereocenters. The highest BCUT2D eigenvalue weighted by Gasteiger charge is 2.25. The number of ketones is 1. The van der Waals surface area contributed by atoms with E-state index in [-0.39, 0.29) is 57.3 Å². The van der Waals surface area contributed by atoms with Crippen molar-refractivity contribution >= 4 is 29.6 Å². The molecule has 0 aliphatic rings. The zero-order valence-electron chi connectivity index (χ0n) is 21.3. The molecule has 0 saturated heterocycles. The largest absolute Gasteiger partial charge is 0.481 e. The van der Waals surface area contributed by atoms with E-state index in [9.17, 15) is 24.0 Å². The second kappa shape index (κ2) is 18.1. The van der Waals surface area contributed by atoms with E-state index >= 15 is 0 Å². The minimum absolute atomic E-state index is 0.0442. The third-order valence-corrected chi connectivity index (χ3v) is 5.43. The molecule has 1 aromatic rings. The lowest BCUT2D eigenvalue weighted by Crippen LogP contribution is -2.43. The van der Waals surface area contributed by atoms with Crippen molar-refractivity contribution in [3.05, 3.63) is 18.2 Å². The Hall–Kier alpha value is -3.24. The number of imidazole rings is 1. The number of carbonyl (C=O) groups is 5. The van der Waals surface area contributed by atoms with Crippen LogP contribution in [0.25, 0.3) is 0 Å². The molecule has 0 saturated carbocycles. The number of H-pyrrole nitrogens is 1. The van der Waals surface area contributed by atoms with Gasteiger partial charge in [-0.3, -0.25) is 24.0 Å². The number of esters is 2. The molecule has 11 heteroatoms. The number of hydrogen-bond donors (Lipinski definition) is 3. The first-order valence-electron chi connectivity index (χ1n) is 12.6. The summed E-state index contributed by atoms with van der Waals surface area (Å²) in [7, 11) is 0. The monoisotopic (exact) mass is 509 g/mol. The third-order valence-electron chi connectivity index (χ3n) is 5.43. The normalized spacial score (nSPS) is 12.4. The molecule has 0 fully saturated rings. The Kier molecular flexibility index (Phi) is 15.5. The maximum atomic E-state index is 13.0. The third kappa shape index (κ3) is 14.2. The van der Waals surface area contributed by atoms with Crippen LogP contribution in [0.15, 0.2) is 12.5 Å². The predicted octanol–water partition coefficient (Wildman–Crippen LogP) is 2.88. The highest BCUT2D eigenvalue weighted by molar-refractivity contribution is 5.90. The fraction of sp³-hybridized carbons (Fsp3) is 0.680. The summed E-state index contributed by atoms with van der Waals surface area (Å²) in [4.78, 5) is 66.9. The number of aromatic amines is 1. The first-order chi connectivity index (χ1) is 17.2. The summed E-state index contributed by atoms with van der Waals surface area (Å²) >= 11 is 0. The smallest absolute Gasteiger partial charge is 0.306 e. The van der Waals surface area contributed by atoms with Crippen LogP contribution in [0.2, 0.25) is 0 Å². The number of nitrogens with one attached hydrogen (secondary N) is 2. The molecule has 1 heterocycles. The molecule has 3 N–H and O–H groups in total. The van der Waals surface area contributed by atoms with Gasteiger partial charge >= 0.3 is 17.9 Å². The summed E-state index contributed by atoms with van der Waals surface area (Å²) in [5, 5.41) is 11.4. The summed E-state index contributed by atoms with van der Waals surface area (Å²) in [6.45, 7) is 3.83. The van der Waals surface area contributed by atoms with Crippen molar-refractivity contribution in [3.8, 4) is 0 Å². The molecule has 0 aliphatic heterocycles. The van der Waals surface area contributed by atoms with Gasteiger partial charge < -0.3 is 24.9 Å². The fourth-order valence-corrected chi connectivity index (χ4v) is 3.35. The summed E-state index contributed by atoms with van der Waals surface area (Å²) in [6, 6.07) is -0.917. The lowest BCUT2D eigenvalue weighted by molar-refractivity contribution is -0.160. The van der Waals surface area contributed by atoms with Crippen LogP contribution in [0.3, 0.4) is 0 Å². The molecular weight excluding hydrogens is 470 g/mol. The SMILES string of the molecule is CCCCCC(=O)OC(CCC(=O)C(Cc1cnc[nH]1)NC(=O)CCC(=O)O)COC(=O)CCCC. The Balaban J connectivity index is 2.77. The quantitative estimate of drug-likeness (QED) is 0.177. The molecule has 0 bridgehead atoms. The zero-order chi connectivity index (χ0) is 26.8. The molecule has 0 aliphatic carbocycles. The van der Waals surface area contributed by atoms with Crippen molar-refractivity contribution in [2.45, 2.75) is 103 Å². The average Bonchev–Trinajstić information content (AvgIpc) is 3.35. The summed E-state index contributed by atoms with van der Waals surface area (Å²) in [5.41, 5.74) is 0.621. The van der Waals surface area contributed by atoms with Crippen LogP contribution in [0.1, 0.15) is 90.2 Å². The molecule has 202 valence electrons. The Morgan fingerprint density at radius 1 is 0.972 bits per heavy atom. The minimum Gasteiger partial charge on any atom is -0.481 e. The molecule has 0 aromatic carbocycles. The Labute approximate surface area is 211 Å². The molecule has 0 spiro atoms. The van der Waals surface area contributed by atoms with Gasteiger partial charge in [0.1, 0.15) is 12.7 Å². The number of carbonyl (C=O) groups excluding carboxylic acids is 4. The van der Waals surface area contributed by atoms with Crippen LogP contribution in [0.4, 0.5) is 0 Å². The average molecular weight is 510 g/mol. The van der Waals surface area contributed by atoms with E-state index < -0.39 is 36.0 Å². The van der Waals surface area contributed by atoms with Crippen molar-refractivity contribution in [2.24, 2.45) is 0 Å². The maximum absolute atomic E-state index is 13.0. The molecule has 36 heavy (non-hydrogen) atoms. The van der Waals surface area contributed by atoms with E-state index in [4.69, 9.17) is 14.6 Å². The number of nitrogens with zero attached hydrogens (tertiary/aromatic N) is 1. The van der Waals surface area contributed by atoms with Gasteiger partial charge in [0.25, 0.3) is 0 Å². The molecule has 1 amide bonds.